The van der Waals surface area contributed by atoms with Gasteiger partial charge in [0, 0.05) is 17.7 Å². The number of amides is 1. The highest BCUT2D eigenvalue weighted by Crippen LogP contribution is 2.37. The van der Waals surface area contributed by atoms with Crippen molar-refractivity contribution in [1.82, 2.24) is 0 Å². The minimum Gasteiger partial charge on any atom is -0.496 e. The highest BCUT2D eigenvalue weighted by atomic mass is 32.2. The Morgan fingerprint density at radius 3 is 2.72 bits per heavy atom. The van der Waals surface area contributed by atoms with Gasteiger partial charge in [-0.05, 0) is 18.2 Å². The third-order valence-electron chi connectivity index (χ3n) is 3.52. The van der Waals surface area contributed by atoms with Crippen LogP contribution in [0.25, 0.3) is 6.08 Å². The molecule has 0 saturated carbocycles. The van der Waals surface area contributed by atoms with Crippen LogP contribution in [0.2, 0.25) is 0 Å². The van der Waals surface area contributed by atoms with Crippen molar-refractivity contribution >= 4 is 51.7 Å². The molecule has 1 saturated heterocycles. The number of non-ortho nitro benzene ring substituents is 1. The van der Waals surface area contributed by atoms with Crippen molar-refractivity contribution in [3.63, 3.8) is 0 Å². The van der Waals surface area contributed by atoms with Gasteiger partial charge in [0.25, 0.3) is 11.6 Å². The van der Waals surface area contributed by atoms with Gasteiger partial charge in [0.2, 0.25) is 0 Å². The van der Waals surface area contributed by atoms with Gasteiger partial charge in [0.15, 0.2) is 4.32 Å². The van der Waals surface area contributed by atoms with E-state index >= 15 is 0 Å². The number of ether oxygens (including phenoxy) is 1. The van der Waals surface area contributed by atoms with Gasteiger partial charge in [0.1, 0.15) is 5.75 Å². The van der Waals surface area contributed by atoms with Crippen LogP contribution in [-0.2, 0) is 4.79 Å². The van der Waals surface area contributed by atoms with Crippen molar-refractivity contribution in [1.29, 1.82) is 0 Å². The fourth-order valence-electron chi connectivity index (χ4n) is 2.36. The molecule has 25 heavy (non-hydrogen) atoms. The van der Waals surface area contributed by atoms with E-state index in [1.165, 1.54) is 23.1 Å². The number of methoxy groups -OCH3 is 1. The summed E-state index contributed by atoms with van der Waals surface area (Å²) in [5.41, 5.74) is 1.03. The topological polar surface area (TPSA) is 72.7 Å². The van der Waals surface area contributed by atoms with Crippen LogP contribution < -0.4 is 9.64 Å². The molecule has 0 unspecified atom stereocenters. The van der Waals surface area contributed by atoms with Gasteiger partial charge in [-0.15, -0.1) is 0 Å². The fraction of sp³-hybridized carbons (Fsp3) is 0.0588. The van der Waals surface area contributed by atoms with Crippen molar-refractivity contribution in [2.75, 3.05) is 12.0 Å². The van der Waals surface area contributed by atoms with Crippen LogP contribution in [0.3, 0.4) is 0 Å². The summed E-state index contributed by atoms with van der Waals surface area (Å²) in [5, 5.41) is 10.9. The average Bonchev–Trinajstić information content (AvgIpc) is 2.89. The lowest BCUT2D eigenvalue weighted by molar-refractivity contribution is -0.384. The standard InChI is InChI=1S/C17H12N2O4S2/c1-23-14-8-3-2-5-11(14)9-15-16(20)18(17(24)25-15)12-6-4-7-13(10-12)19(21)22/h2-10H,1H3/b15-9-. The zero-order valence-electron chi connectivity index (χ0n) is 13.0. The van der Waals surface area contributed by atoms with Gasteiger partial charge >= 0.3 is 0 Å². The summed E-state index contributed by atoms with van der Waals surface area (Å²) in [4.78, 5) is 24.9. The number of thioether (sulfide) groups is 1. The van der Waals surface area contributed by atoms with Gasteiger partial charge in [-0.25, -0.2) is 0 Å². The van der Waals surface area contributed by atoms with E-state index < -0.39 is 4.92 Å². The first-order valence-electron chi connectivity index (χ1n) is 7.16. The van der Waals surface area contributed by atoms with Gasteiger partial charge in [0.05, 0.1) is 22.6 Å². The number of nitro groups is 1. The summed E-state index contributed by atoms with van der Waals surface area (Å²) in [6.45, 7) is 0. The molecule has 1 aliphatic rings. The highest BCUT2D eigenvalue weighted by Gasteiger charge is 2.34. The molecule has 1 heterocycles. The third kappa shape index (κ3) is 3.40. The zero-order chi connectivity index (χ0) is 18.0. The third-order valence-corrected chi connectivity index (χ3v) is 4.82. The Labute approximate surface area is 153 Å². The summed E-state index contributed by atoms with van der Waals surface area (Å²) in [6, 6.07) is 13.1. The van der Waals surface area contributed by atoms with Crippen LogP contribution in [0.15, 0.2) is 53.4 Å². The lowest BCUT2D eigenvalue weighted by Gasteiger charge is -2.14. The maximum Gasteiger partial charge on any atom is 0.271 e. The minimum absolute atomic E-state index is 0.0970. The number of thiocarbonyl (C=S) groups is 1. The van der Waals surface area contributed by atoms with Crippen molar-refractivity contribution in [2.45, 2.75) is 0 Å². The first-order valence-corrected chi connectivity index (χ1v) is 8.39. The van der Waals surface area contributed by atoms with Crippen LogP contribution in [0.1, 0.15) is 5.56 Å². The van der Waals surface area contributed by atoms with E-state index in [0.29, 0.717) is 20.7 Å². The van der Waals surface area contributed by atoms with Crippen molar-refractivity contribution < 1.29 is 14.5 Å². The number of hydrogen-bond donors (Lipinski definition) is 0. The quantitative estimate of drug-likeness (QED) is 0.349. The van der Waals surface area contributed by atoms with E-state index in [-0.39, 0.29) is 11.6 Å². The molecular weight excluding hydrogens is 360 g/mol. The molecular formula is C17H12N2O4S2. The molecule has 0 radical (unpaired) electrons. The Kier molecular flexibility index (Phi) is 4.82. The van der Waals surface area contributed by atoms with Gasteiger partial charge in [-0.2, -0.15) is 0 Å². The molecule has 2 aromatic carbocycles. The normalized spacial score (nSPS) is 15.7. The first kappa shape index (κ1) is 17.1. The molecule has 0 bridgehead atoms. The molecule has 0 N–H and O–H groups in total. The summed E-state index contributed by atoms with van der Waals surface area (Å²) in [7, 11) is 1.56. The van der Waals surface area contributed by atoms with E-state index in [0.717, 1.165) is 17.3 Å². The molecule has 0 atom stereocenters. The summed E-state index contributed by atoms with van der Waals surface area (Å²) in [5.74, 6) is 0.324. The molecule has 2 aromatic rings. The number of rotatable bonds is 4. The predicted octanol–water partition coefficient (Wildman–Crippen LogP) is 4.01. The predicted molar refractivity (Wildman–Crippen MR) is 102 cm³/mol. The molecule has 0 spiro atoms. The number of carbonyl (C=O) groups excluding carboxylic acids is 1. The van der Waals surface area contributed by atoms with Crippen molar-refractivity contribution in [3.05, 3.63) is 69.1 Å². The van der Waals surface area contributed by atoms with Crippen molar-refractivity contribution in [2.24, 2.45) is 0 Å². The van der Waals surface area contributed by atoms with E-state index in [1.54, 1.807) is 25.3 Å². The van der Waals surface area contributed by atoms with Crippen LogP contribution in [0, 0.1) is 10.1 Å². The molecule has 0 aliphatic carbocycles. The van der Waals surface area contributed by atoms with Crippen LogP contribution in [0.5, 0.6) is 5.75 Å². The summed E-state index contributed by atoms with van der Waals surface area (Å²) < 4.78 is 5.61. The highest BCUT2D eigenvalue weighted by molar-refractivity contribution is 8.27. The van der Waals surface area contributed by atoms with Crippen LogP contribution in [0.4, 0.5) is 11.4 Å². The van der Waals surface area contributed by atoms with Gasteiger partial charge in [-0.3, -0.25) is 19.8 Å². The molecule has 6 nitrogen and oxygen atoms in total. The number of carbonyl (C=O) groups is 1. The molecule has 126 valence electrons. The number of nitrogens with zero attached hydrogens (tertiary/aromatic N) is 2. The van der Waals surface area contributed by atoms with E-state index in [2.05, 4.69) is 0 Å². The van der Waals surface area contributed by atoms with E-state index in [9.17, 15) is 14.9 Å². The Balaban J connectivity index is 1.97. The second-order valence-electron chi connectivity index (χ2n) is 5.04. The number of para-hydroxylation sites is 1. The first-order chi connectivity index (χ1) is 12.0. The Morgan fingerprint density at radius 2 is 2.00 bits per heavy atom. The van der Waals surface area contributed by atoms with Gasteiger partial charge < -0.3 is 4.74 Å². The lowest BCUT2D eigenvalue weighted by atomic mass is 10.2. The maximum absolute atomic E-state index is 12.7. The number of benzene rings is 2. The van der Waals surface area contributed by atoms with Crippen LogP contribution in [-0.4, -0.2) is 22.3 Å². The minimum atomic E-state index is -0.508. The van der Waals surface area contributed by atoms with E-state index in [1.807, 2.05) is 18.2 Å². The van der Waals surface area contributed by atoms with Gasteiger partial charge in [-0.1, -0.05) is 48.2 Å². The second-order valence-corrected chi connectivity index (χ2v) is 6.71. The maximum atomic E-state index is 12.7. The fourth-order valence-corrected chi connectivity index (χ4v) is 3.65. The zero-order valence-corrected chi connectivity index (χ0v) is 14.7. The summed E-state index contributed by atoms with van der Waals surface area (Å²) >= 11 is 6.44. The largest absolute Gasteiger partial charge is 0.496 e. The molecule has 1 aliphatic heterocycles. The smallest absolute Gasteiger partial charge is 0.271 e. The number of anilines is 1. The molecule has 8 heteroatoms. The lowest BCUT2D eigenvalue weighted by Crippen LogP contribution is -2.27. The number of nitro benzene ring substituents is 1. The summed E-state index contributed by atoms with van der Waals surface area (Å²) in [6.07, 6.45) is 1.70. The molecule has 0 aromatic heterocycles. The number of hydrogen-bond acceptors (Lipinski definition) is 6. The average molecular weight is 372 g/mol. The second kappa shape index (κ2) is 7.04. The van der Waals surface area contributed by atoms with Crippen LogP contribution >= 0.6 is 24.0 Å². The Hall–Kier alpha value is -2.71. The SMILES string of the molecule is COc1ccccc1/C=C1\SC(=S)N(c2cccc([N+](=O)[O-])c2)C1=O. The Bertz CT molecular complexity index is 911. The van der Waals surface area contributed by atoms with Crippen molar-refractivity contribution in [3.8, 4) is 5.75 Å². The molecule has 1 fully saturated rings. The molecule has 1 amide bonds. The molecule has 3 rings (SSSR count). The van der Waals surface area contributed by atoms with E-state index in [4.69, 9.17) is 17.0 Å². The monoisotopic (exact) mass is 372 g/mol. The Morgan fingerprint density at radius 1 is 1.24 bits per heavy atom.